The molecular formula is C19H16N6O3. The number of anilines is 1. The Bertz CT molecular complexity index is 1030. The first-order valence-corrected chi connectivity index (χ1v) is 8.54. The molecule has 2 N–H and O–H groups in total. The highest BCUT2D eigenvalue weighted by Gasteiger charge is 2.27. The highest BCUT2D eigenvalue weighted by molar-refractivity contribution is 6.12. The van der Waals surface area contributed by atoms with E-state index in [2.05, 4.69) is 20.7 Å². The Labute approximate surface area is 160 Å². The lowest BCUT2D eigenvalue weighted by atomic mass is 10.1. The van der Waals surface area contributed by atoms with Crippen molar-refractivity contribution in [2.45, 2.75) is 6.54 Å². The van der Waals surface area contributed by atoms with Crippen LogP contribution in [0.4, 0.5) is 10.5 Å². The number of aromatic nitrogens is 3. The molecule has 3 aromatic rings. The first kappa shape index (κ1) is 17.4. The molecule has 28 heavy (non-hydrogen) atoms. The van der Waals surface area contributed by atoms with E-state index in [1.54, 1.807) is 35.3 Å². The number of imide groups is 1. The van der Waals surface area contributed by atoms with Gasteiger partial charge in [0.2, 0.25) is 5.91 Å². The predicted octanol–water partition coefficient (Wildman–Crippen LogP) is 1.25. The van der Waals surface area contributed by atoms with Crippen molar-refractivity contribution in [2.24, 2.45) is 0 Å². The number of carbonyl (C=O) groups is 3. The standard InChI is InChI=1S/C19H16N6O3/c26-17-10-24(19(28)23-17)15-7-5-13(6-8-15)18(27)21-9-14-3-1-2-4-16(14)25-12-20-11-22-25/h1-8,11-12H,9-10H2,(H,21,27)(H,23,26,28). The van der Waals surface area contributed by atoms with Crippen molar-refractivity contribution >= 4 is 23.5 Å². The lowest BCUT2D eigenvalue weighted by molar-refractivity contribution is -0.117. The fraction of sp³-hybridized carbons (Fsp3) is 0.105. The lowest BCUT2D eigenvalue weighted by Crippen LogP contribution is -2.28. The predicted molar refractivity (Wildman–Crippen MR) is 99.9 cm³/mol. The molecule has 9 nitrogen and oxygen atoms in total. The first-order valence-electron chi connectivity index (χ1n) is 8.54. The Hall–Kier alpha value is -4.01. The maximum atomic E-state index is 12.5. The zero-order valence-electron chi connectivity index (χ0n) is 14.7. The van der Waals surface area contributed by atoms with Gasteiger partial charge in [-0.2, -0.15) is 5.10 Å². The molecule has 1 fully saturated rings. The molecule has 0 spiro atoms. The minimum Gasteiger partial charge on any atom is -0.348 e. The van der Waals surface area contributed by atoms with Crippen molar-refractivity contribution in [3.8, 4) is 5.69 Å². The van der Waals surface area contributed by atoms with Crippen LogP contribution in [0.25, 0.3) is 5.69 Å². The van der Waals surface area contributed by atoms with Gasteiger partial charge in [-0.1, -0.05) is 18.2 Å². The number of benzene rings is 2. The van der Waals surface area contributed by atoms with Gasteiger partial charge in [-0.3, -0.25) is 19.8 Å². The van der Waals surface area contributed by atoms with Gasteiger partial charge in [-0.25, -0.2) is 14.5 Å². The normalized spacial score (nSPS) is 13.5. The number of hydrogen-bond acceptors (Lipinski definition) is 5. The molecule has 9 heteroatoms. The molecule has 1 aliphatic rings. The van der Waals surface area contributed by atoms with Crippen LogP contribution in [0.1, 0.15) is 15.9 Å². The molecule has 0 atom stereocenters. The quantitative estimate of drug-likeness (QED) is 0.652. The van der Waals surface area contributed by atoms with Crippen LogP contribution in [0.2, 0.25) is 0 Å². The zero-order valence-corrected chi connectivity index (χ0v) is 14.7. The van der Waals surface area contributed by atoms with Crippen LogP contribution in [0.15, 0.2) is 61.2 Å². The fourth-order valence-corrected chi connectivity index (χ4v) is 2.94. The summed E-state index contributed by atoms with van der Waals surface area (Å²) in [7, 11) is 0. The van der Waals surface area contributed by atoms with Gasteiger partial charge in [0.25, 0.3) is 5.91 Å². The number of rotatable bonds is 5. The molecule has 0 aliphatic carbocycles. The third kappa shape index (κ3) is 3.45. The molecule has 4 amide bonds. The van der Waals surface area contributed by atoms with Crippen molar-refractivity contribution in [2.75, 3.05) is 11.4 Å². The van der Waals surface area contributed by atoms with E-state index in [0.717, 1.165) is 11.3 Å². The minimum atomic E-state index is -0.466. The molecule has 1 saturated heterocycles. The number of carbonyl (C=O) groups excluding carboxylic acids is 3. The minimum absolute atomic E-state index is 0.0244. The summed E-state index contributed by atoms with van der Waals surface area (Å²) in [6.45, 7) is 0.295. The van der Waals surface area contributed by atoms with E-state index >= 15 is 0 Å². The largest absolute Gasteiger partial charge is 0.348 e. The van der Waals surface area contributed by atoms with Gasteiger partial charge in [0.1, 0.15) is 19.2 Å². The van der Waals surface area contributed by atoms with Crippen molar-refractivity contribution in [1.82, 2.24) is 25.4 Å². The van der Waals surface area contributed by atoms with Crippen molar-refractivity contribution < 1.29 is 14.4 Å². The number of urea groups is 1. The topological polar surface area (TPSA) is 109 Å². The van der Waals surface area contributed by atoms with Gasteiger partial charge in [0.15, 0.2) is 0 Å². The highest BCUT2D eigenvalue weighted by Crippen LogP contribution is 2.18. The number of amides is 4. The number of nitrogens with zero attached hydrogens (tertiary/aromatic N) is 4. The second-order valence-corrected chi connectivity index (χ2v) is 6.14. The summed E-state index contributed by atoms with van der Waals surface area (Å²) >= 11 is 0. The van der Waals surface area contributed by atoms with Gasteiger partial charge in [-0.05, 0) is 35.9 Å². The molecule has 2 aromatic carbocycles. The Morgan fingerprint density at radius 3 is 2.57 bits per heavy atom. The van der Waals surface area contributed by atoms with E-state index in [4.69, 9.17) is 0 Å². The molecular weight excluding hydrogens is 360 g/mol. The number of nitrogens with one attached hydrogen (secondary N) is 2. The molecule has 0 bridgehead atoms. The fourth-order valence-electron chi connectivity index (χ4n) is 2.94. The van der Waals surface area contributed by atoms with Crippen LogP contribution in [0.5, 0.6) is 0 Å². The van der Waals surface area contributed by atoms with Crippen molar-refractivity contribution in [1.29, 1.82) is 0 Å². The maximum absolute atomic E-state index is 12.5. The second kappa shape index (κ2) is 7.31. The average Bonchev–Trinajstić information content (AvgIpc) is 3.36. The second-order valence-electron chi connectivity index (χ2n) is 6.14. The summed E-state index contributed by atoms with van der Waals surface area (Å²) in [4.78, 5) is 40.7. The van der Waals surface area contributed by atoms with Crippen LogP contribution in [0, 0.1) is 0 Å². The summed E-state index contributed by atoms with van der Waals surface area (Å²) in [5, 5.41) is 9.21. The Morgan fingerprint density at radius 2 is 1.89 bits per heavy atom. The maximum Gasteiger partial charge on any atom is 0.329 e. The summed E-state index contributed by atoms with van der Waals surface area (Å²) in [6, 6.07) is 13.6. The van der Waals surface area contributed by atoms with Crippen LogP contribution in [0.3, 0.4) is 0 Å². The van der Waals surface area contributed by atoms with Crippen LogP contribution in [-0.4, -0.2) is 39.2 Å². The third-order valence-corrected chi connectivity index (χ3v) is 4.33. The van der Waals surface area contributed by atoms with E-state index in [1.807, 2.05) is 24.3 Å². The van der Waals surface area contributed by atoms with Crippen molar-refractivity contribution in [3.05, 3.63) is 72.3 Å². The van der Waals surface area contributed by atoms with Crippen molar-refractivity contribution in [3.63, 3.8) is 0 Å². The van der Waals surface area contributed by atoms with Gasteiger partial charge < -0.3 is 5.32 Å². The van der Waals surface area contributed by atoms with E-state index in [0.29, 0.717) is 17.8 Å². The molecule has 2 heterocycles. The summed E-state index contributed by atoms with van der Waals surface area (Å²) in [5.41, 5.74) is 2.73. The number of para-hydroxylation sites is 1. The van der Waals surface area contributed by atoms with Crippen LogP contribution < -0.4 is 15.5 Å². The van der Waals surface area contributed by atoms with Crippen LogP contribution >= 0.6 is 0 Å². The zero-order chi connectivity index (χ0) is 19.5. The van der Waals surface area contributed by atoms with Crippen LogP contribution in [-0.2, 0) is 11.3 Å². The Morgan fingerprint density at radius 1 is 1.11 bits per heavy atom. The molecule has 1 aromatic heterocycles. The first-order chi connectivity index (χ1) is 13.6. The molecule has 0 unspecified atom stereocenters. The van der Waals surface area contributed by atoms with Gasteiger partial charge in [-0.15, -0.1) is 0 Å². The average molecular weight is 376 g/mol. The third-order valence-electron chi connectivity index (χ3n) is 4.33. The molecule has 0 radical (unpaired) electrons. The SMILES string of the molecule is O=C1CN(c2ccc(C(=O)NCc3ccccc3-n3cncn3)cc2)C(=O)N1. The van der Waals surface area contributed by atoms with Gasteiger partial charge >= 0.3 is 6.03 Å². The van der Waals surface area contributed by atoms with E-state index < -0.39 is 6.03 Å². The monoisotopic (exact) mass is 376 g/mol. The smallest absolute Gasteiger partial charge is 0.329 e. The summed E-state index contributed by atoms with van der Waals surface area (Å²) < 4.78 is 1.64. The molecule has 4 rings (SSSR count). The molecule has 1 aliphatic heterocycles. The van der Waals surface area contributed by atoms with Gasteiger partial charge in [0.05, 0.1) is 5.69 Å². The van der Waals surface area contributed by atoms with E-state index in [9.17, 15) is 14.4 Å². The molecule has 140 valence electrons. The Kier molecular flexibility index (Phi) is 4.55. The summed E-state index contributed by atoms with van der Waals surface area (Å²) in [5.74, 6) is -0.597. The lowest BCUT2D eigenvalue weighted by Gasteiger charge is -2.14. The number of hydrogen-bond donors (Lipinski definition) is 2. The Balaban J connectivity index is 1.44. The highest BCUT2D eigenvalue weighted by atomic mass is 16.2. The van der Waals surface area contributed by atoms with E-state index in [1.165, 1.54) is 11.2 Å². The van der Waals surface area contributed by atoms with E-state index in [-0.39, 0.29) is 18.4 Å². The van der Waals surface area contributed by atoms with Gasteiger partial charge in [0, 0.05) is 17.8 Å². The summed E-state index contributed by atoms with van der Waals surface area (Å²) in [6.07, 6.45) is 3.05. The molecule has 0 saturated carbocycles.